The first-order chi connectivity index (χ1) is 18.0. The molecule has 0 radical (unpaired) electrons. The standard InChI is InChI=1S/C17H14N4O2.2C6H5.ClH.Sn/c18-17(23)21-20-15(11-6-2-1-3-7-11)10-13-12-8-4-5-9-14(12)19-16(13)22;2*1-2-4-6-5-3-1;;/h1-10,19,22H,(H2,18,23);2*1-5H;1H;/q;;;;+2/p-2/b15-10-,21-20?;;;;. The molecule has 0 bridgehead atoms. The molecule has 0 aliphatic heterocycles. The van der Waals surface area contributed by atoms with Gasteiger partial charge >= 0.3 is 224 Å². The van der Waals surface area contributed by atoms with Gasteiger partial charge in [0.2, 0.25) is 0 Å². The van der Waals surface area contributed by atoms with Gasteiger partial charge in [-0.05, 0) is 0 Å². The van der Waals surface area contributed by atoms with E-state index in [4.69, 9.17) is 17.4 Å². The van der Waals surface area contributed by atoms with E-state index >= 15 is 0 Å². The van der Waals surface area contributed by atoms with Gasteiger partial charge in [0.25, 0.3) is 0 Å². The number of hydrogen-bond acceptors (Lipinski definition) is 4. The van der Waals surface area contributed by atoms with Gasteiger partial charge in [-0.15, -0.1) is 0 Å². The summed E-state index contributed by atoms with van der Waals surface area (Å²) in [5.74, 6) is 0.0280. The van der Waals surface area contributed by atoms with Crippen LogP contribution in [0.2, 0.25) is 0 Å². The number of aromatic nitrogens is 1. The molecule has 0 unspecified atom stereocenters. The van der Waals surface area contributed by atoms with Crippen LogP contribution in [0.25, 0.3) is 22.7 Å². The van der Waals surface area contributed by atoms with Gasteiger partial charge in [0, 0.05) is 0 Å². The Morgan fingerprint density at radius 2 is 1.32 bits per heavy atom. The molecule has 0 aliphatic carbocycles. The predicted octanol–water partition coefficient (Wildman–Crippen LogP) is 6.27. The molecule has 6 nitrogen and oxygen atoms in total. The second-order valence-corrected chi connectivity index (χ2v) is 19.1. The fraction of sp³-hybridized carbons (Fsp3) is 0. The number of benzene rings is 4. The van der Waals surface area contributed by atoms with Crippen molar-refractivity contribution in [2.24, 2.45) is 10.2 Å². The van der Waals surface area contributed by atoms with Gasteiger partial charge in [-0.2, -0.15) is 0 Å². The first-order valence-corrected chi connectivity index (χ1v) is 19.2. The molecule has 5 rings (SSSR count). The van der Waals surface area contributed by atoms with E-state index < -0.39 is 17.7 Å². The van der Waals surface area contributed by atoms with Crippen molar-refractivity contribution in [1.82, 2.24) is 4.98 Å². The van der Waals surface area contributed by atoms with Gasteiger partial charge in [0.15, 0.2) is 0 Å². The average Bonchev–Trinajstić information content (AvgIpc) is 3.26. The zero-order valence-electron chi connectivity index (χ0n) is 19.7. The molecule has 0 fully saturated rings. The van der Waals surface area contributed by atoms with Gasteiger partial charge in [-0.3, -0.25) is 0 Å². The predicted molar refractivity (Wildman–Crippen MR) is 152 cm³/mol. The van der Waals surface area contributed by atoms with E-state index in [9.17, 15) is 5.11 Å². The number of H-pyrrole nitrogens is 1. The number of aromatic hydroxyl groups is 1. The molecular weight excluding hydrogens is 591 g/mol. The Morgan fingerprint density at radius 3 is 1.95 bits per heavy atom. The third-order valence-electron chi connectivity index (χ3n) is 5.85. The van der Waals surface area contributed by atoms with Crippen LogP contribution in [0, 0.1) is 5.41 Å². The number of aromatic amines is 1. The van der Waals surface area contributed by atoms with Crippen LogP contribution < -0.4 is 7.16 Å². The van der Waals surface area contributed by atoms with E-state index in [1.54, 1.807) is 6.08 Å². The van der Waals surface area contributed by atoms with Gasteiger partial charge < -0.3 is 0 Å². The maximum atomic E-state index is 10.6. The van der Waals surface area contributed by atoms with Crippen molar-refractivity contribution in [2.45, 2.75) is 0 Å². The van der Waals surface area contributed by atoms with Crippen LogP contribution >= 0.6 is 8.92 Å². The molecule has 0 saturated carbocycles. The Balaban J connectivity index is 1.51. The van der Waals surface area contributed by atoms with Crippen molar-refractivity contribution in [3.8, 4) is 5.88 Å². The minimum absolute atomic E-state index is 0.0280. The summed E-state index contributed by atoms with van der Waals surface area (Å²) < 4.78 is 7.88. The molecule has 37 heavy (non-hydrogen) atoms. The van der Waals surface area contributed by atoms with Crippen molar-refractivity contribution < 1.29 is 8.18 Å². The van der Waals surface area contributed by atoms with E-state index in [0.29, 0.717) is 11.3 Å². The molecule has 8 heteroatoms. The normalized spacial score (nSPS) is 12.2. The number of amidine groups is 1. The summed E-state index contributed by atoms with van der Waals surface area (Å²) in [6.45, 7) is 0. The molecule has 0 spiro atoms. The number of halogens is 1. The SMILES string of the molecule is N=C(N=N/C(=C\c1c(O)[nH]c2ccccc12)c1ccccc1)[O][Sn]([Cl])([c]1ccccc1)[c]1ccccc1. The van der Waals surface area contributed by atoms with Gasteiger partial charge in [-0.25, -0.2) is 0 Å². The summed E-state index contributed by atoms with van der Waals surface area (Å²) in [4.78, 5) is 2.98. The summed E-state index contributed by atoms with van der Waals surface area (Å²) in [6.07, 6.45) is 1.74. The fourth-order valence-electron chi connectivity index (χ4n) is 4.05. The summed E-state index contributed by atoms with van der Waals surface area (Å²) in [5, 5.41) is 28.4. The molecule has 1 heterocycles. The number of nitrogens with zero attached hydrogens (tertiary/aromatic N) is 2. The molecule has 0 saturated heterocycles. The average molecular weight is 614 g/mol. The molecule has 0 amide bonds. The van der Waals surface area contributed by atoms with Crippen LogP contribution in [0.1, 0.15) is 11.1 Å². The summed E-state index contributed by atoms with van der Waals surface area (Å²) in [6, 6.07) is 35.9. The number of para-hydroxylation sites is 1. The Kier molecular flexibility index (Phi) is 7.39. The summed E-state index contributed by atoms with van der Waals surface area (Å²) in [5.41, 5.74) is 2.62. The van der Waals surface area contributed by atoms with Crippen molar-refractivity contribution >= 4 is 62.4 Å². The number of fused-ring (bicyclic) bond motifs is 1. The Hall–Kier alpha value is -3.88. The molecular formula is C29H23ClN4O2Sn. The first-order valence-electron chi connectivity index (χ1n) is 11.6. The third kappa shape index (κ3) is 5.45. The van der Waals surface area contributed by atoms with Crippen LogP contribution in [-0.4, -0.2) is 33.8 Å². The van der Waals surface area contributed by atoms with Crippen LogP contribution in [0.5, 0.6) is 5.88 Å². The monoisotopic (exact) mass is 614 g/mol. The first kappa shape index (κ1) is 24.8. The molecule has 1 aromatic heterocycles. The maximum absolute atomic E-state index is 10.6. The van der Waals surface area contributed by atoms with E-state index in [0.717, 1.165) is 23.6 Å². The second-order valence-electron chi connectivity index (χ2n) is 8.26. The van der Waals surface area contributed by atoms with Crippen molar-refractivity contribution in [1.29, 1.82) is 5.41 Å². The molecule has 182 valence electrons. The summed E-state index contributed by atoms with van der Waals surface area (Å²) in [7, 11) is 7.21. The fourth-order valence-corrected chi connectivity index (χ4v) is 12.3. The zero-order chi connectivity index (χ0) is 25.7. The van der Waals surface area contributed by atoms with Crippen molar-refractivity contribution in [3.63, 3.8) is 0 Å². The number of azo groups is 1. The molecule has 4 aromatic carbocycles. The number of hydrogen-bond donors (Lipinski definition) is 3. The van der Waals surface area contributed by atoms with Crippen LogP contribution in [0.4, 0.5) is 0 Å². The van der Waals surface area contributed by atoms with Gasteiger partial charge in [0.05, 0.1) is 0 Å². The van der Waals surface area contributed by atoms with Crippen molar-refractivity contribution in [3.05, 3.63) is 126 Å². The molecule has 5 aromatic rings. The van der Waals surface area contributed by atoms with Crippen LogP contribution in [-0.2, 0) is 3.07 Å². The van der Waals surface area contributed by atoms with E-state index in [1.165, 1.54) is 0 Å². The molecule has 0 aliphatic rings. The molecule has 0 atom stereocenters. The van der Waals surface area contributed by atoms with Crippen molar-refractivity contribution in [2.75, 3.05) is 0 Å². The van der Waals surface area contributed by atoms with E-state index in [2.05, 4.69) is 15.2 Å². The van der Waals surface area contributed by atoms with E-state index in [-0.39, 0.29) is 11.9 Å². The topological polar surface area (TPSA) is 93.8 Å². The zero-order valence-corrected chi connectivity index (χ0v) is 23.3. The quantitative estimate of drug-likeness (QED) is 0.0912. The Bertz CT molecular complexity index is 1550. The minimum atomic E-state index is -4.23. The third-order valence-corrected chi connectivity index (χ3v) is 16.8. The van der Waals surface area contributed by atoms with Crippen LogP contribution in [0.15, 0.2) is 125 Å². The number of nitrogens with one attached hydrogen (secondary N) is 2. The Morgan fingerprint density at radius 1 is 0.784 bits per heavy atom. The van der Waals surface area contributed by atoms with E-state index in [1.807, 2.05) is 115 Å². The van der Waals surface area contributed by atoms with Gasteiger partial charge in [-0.1, -0.05) is 0 Å². The van der Waals surface area contributed by atoms with Crippen LogP contribution in [0.3, 0.4) is 0 Å². The number of rotatable bonds is 6. The summed E-state index contributed by atoms with van der Waals surface area (Å²) >= 11 is -4.23. The molecule has 3 N–H and O–H groups in total. The second kappa shape index (κ2) is 11.0. The Labute approximate surface area is 222 Å². The van der Waals surface area contributed by atoms with Gasteiger partial charge in [0.1, 0.15) is 0 Å².